The number of thioether (sulfide) groups is 1. The molecule has 0 radical (unpaired) electrons. The van der Waals surface area contributed by atoms with Crippen LogP contribution in [0.25, 0.3) is 0 Å². The number of imide groups is 1. The zero-order valence-corrected chi connectivity index (χ0v) is 22.4. The number of amides is 2. The van der Waals surface area contributed by atoms with Crippen LogP contribution in [0.15, 0.2) is 59.6 Å². The summed E-state index contributed by atoms with van der Waals surface area (Å²) in [6.45, 7) is 1.65. The number of nitrogens with zero attached hydrogens (tertiary/aromatic N) is 3. The number of ether oxygens (including phenoxy) is 1. The molecule has 0 bridgehead atoms. The van der Waals surface area contributed by atoms with E-state index in [1.807, 2.05) is 6.07 Å². The molecule has 2 atom stereocenters. The Hall–Kier alpha value is -4.36. The molecule has 0 spiro atoms. The lowest BCUT2D eigenvalue weighted by Gasteiger charge is -2.22. The van der Waals surface area contributed by atoms with Crippen molar-refractivity contribution in [2.45, 2.75) is 42.9 Å². The predicted octanol–water partition coefficient (Wildman–Crippen LogP) is 4.68. The van der Waals surface area contributed by atoms with Crippen LogP contribution < -0.4 is 4.90 Å². The minimum absolute atomic E-state index is 0.0422. The predicted molar refractivity (Wildman–Crippen MR) is 144 cm³/mol. The third kappa shape index (κ3) is 5.65. The summed E-state index contributed by atoms with van der Waals surface area (Å²) in [6.07, 6.45) is 2.65. The van der Waals surface area contributed by atoms with Gasteiger partial charge < -0.3 is 4.74 Å². The van der Waals surface area contributed by atoms with Gasteiger partial charge in [0.2, 0.25) is 11.8 Å². The molecule has 10 heteroatoms. The molecule has 1 aliphatic carbocycles. The molecule has 1 aliphatic heterocycles. The molecule has 2 aromatic carbocycles. The van der Waals surface area contributed by atoms with Crippen molar-refractivity contribution in [1.82, 2.24) is 4.98 Å². The summed E-state index contributed by atoms with van der Waals surface area (Å²) in [5, 5.41) is 9.41. The van der Waals surface area contributed by atoms with Gasteiger partial charge >= 0.3 is 5.97 Å². The van der Waals surface area contributed by atoms with Crippen LogP contribution in [-0.4, -0.2) is 40.4 Å². The van der Waals surface area contributed by atoms with E-state index >= 15 is 0 Å². The van der Waals surface area contributed by atoms with E-state index in [1.165, 1.54) is 36.4 Å². The monoisotopic (exact) mass is 557 g/mol. The highest BCUT2D eigenvalue weighted by molar-refractivity contribution is 8.00. The highest BCUT2D eigenvalue weighted by Gasteiger charge is 2.41. The molecule has 2 unspecified atom stereocenters. The molecular weight excluding hydrogens is 533 g/mol. The van der Waals surface area contributed by atoms with Gasteiger partial charge in [0, 0.05) is 17.7 Å². The molecule has 2 aliphatic rings. The summed E-state index contributed by atoms with van der Waals surface area (Å²) in [5.41, 5.74) is 3.04. The molecule has 3 aromatic rings. The van der Waals surface area contributed by atoms with Crippen molar-refractivity contribution in [3.8, 4) is 6.07 Å². The van der Waals surface area contributed by atoms with Gasteiger partial charge in [-0.05, 0) is 85.3 Å². The van der Waals surface area contributed by atoms with Crippen molar-refractivity contribution >= 4 is 41.0 Å². The molecule has 0 saturated carbocycles. The lowest BCUT2D eigenvalue weighted by atomic mass is 9.87. The van der Waals surface area contributed by atoms with Crippen LogP contribution in [0.5, 0.6) is 0 Å². The largest absolute Gasteiger partial charge is 0.454 e. The Morgan fingerprint density at radius 3 is 2.50 bits per heavy atom. The zero-order chi connectivity index (χ0) is 28.4. The number of hydrogen-bond donors (Lipinski definition) is 0. The summed E-state index contributed by atoms with van der Waals surface area (Å²) in [6, 6.07) is 14.6. The molecule has 202 valence electrons. The number of rotatable bonds is 7. The summed E-state index contributed by atoms with van der Waals surface area (Å²) in [5.74, 6) is -2.01. The van der Waals surface area contributed by atoms with Gasteiger partial charge in [-0.25, -0.2) is 19.1 Å². The van der Waals surface area contributed by atoms with Gasteiger partial charge in [-0.2, -0.15) is 5.26 Å². The van der Waals surface area contributed by atoms with E-state index in [2.05, 4.69) is 18.0 Å². The van der Waals surface area contributed by atoms with Gasteiger partial charge in [-0.15, -0.1) is 0 Å². The average Bonchev–Trinajstić information content (AvgIpc) is 3.23. The van der Waals surface area contributed by atoms with Crippen LogP contribution in [0.3, 0.4) is 0 Å². The number of fused-ring (bicyclic) bond motifs is 1. The highest BCUT2D eigenvalue weighted by Crippen LogP contribution is 2.36. The van der Waals surface area contributed by atoms with Gasteiger partial charge in [0.15, 0.2) is 12.4 Å². The van der Waals surface area contributed by atoms with Crippen LogP contribution >= 0.6 is 11.8 Å². The smallest absolute Gasteiger partial charge is 0.338 e. The maximum absolute atomic E-state index is 13.2. The summed E-state index contributed by atoms with van der Waals surface area (Å²) < 4.78 is 18.1. The van der Waals surface area contributed by atoms with Crippen molar-refractivity contribution in [1.29, 1.82) is 5.26 Å². The van der Waals surface area contributed by atoms with Gasteiger partial charge in [-0.1, -0.05) is 18.7 Å². The van der Waals surface area contributed by atoms with Crippen molar-refractivity contribution in [3.05, 3.63) is 88.4 Å². The summed E-state index contributed by atoms with van der Waals surface area (Å²) >= 11 is 1.13. The number of pyridine rings is 1. The summed E-state index contributed by atoms with van der Waals surface area (Å²) in [4.78, 5) is 56.4. The van der Waals surface area contributed by atoms with E-state index in [9.17, 15) is 28.8 Å². The zero-order valence-electron chi connectivity index (χ0n) is 21.6. The van der Waals surface area contributed by atoms with Gasteiger partial charge in [0.25, 0.3) is 0 Å². The number of esters is 1. The fourth-order valence-electron chi connectivity index (χ4n) is 4.78. The number of halogens is 1. The molecule has 2 amide bonds. The van der Waals surface area contributed by atoms with E-state index in [-0.39, 0.29) is 17.5 Å². The van der Waals surface area contributed by atoms with E-state index in [1.54, 1.807) is 0 Å². The third-order valence-electron chi connectivity index (χ3n) is 6.94. The van der Waals surface area contributed by atoms with Crippen molar-refractivity contribution in [2.75, 3.05) is 11.5 Å². The quantitative estimate of drug-likeness (QED) is 0.234. The first-order valence-corrected chi connectivity index (χ1v) is 13.6. The van der Waals surface area contributed by atoms with Crippen LogP contribution in [-0.2, 0) is 27.2 Å². The van der Waals surface area contributed by atoms with Gasteiger partial charge in [0.05, 0.1) is 22.1 Å². The number of ketones is 1. The van der Waals surface area contributed by atoms with E-state index < -0.39 is 41.2 Å². The standard InChI is InChI=1S/C30H24FN3O5S/c1-17-2-11-24-20(12-17)13-21(15-32)28(33-24)40-26-14-27(36)34(29(26)37)23-9-5-19(6-10-23)30(38)39-16-25(35)18-3-7-22(31)8-4-18/h3-10,13,17,26H,2,11-12,14,16H2,1H3. The Bertz CT molecular complexity index is 1550. The second kappa shape index (κ2) is 11.4. The summed E-state index contributed by atoms with van der Waals surface area (Å²) in [7, 11) is 0. The fraction of sp³-hybridized carbons (Fsp3) is 0.267. The first-order valence-electron chi connectivity index (χ1n) is 12.8. The topological polar surface area (TPSA) is 117 Å². The fourth-order valence-corrected chi connectivity index (χ4v) is 5.88. The first-order chi connectivity index (χ1) is 19.2. The lowest BCUT2D eigenvalue weighted by molar-refractivity contribution is -0.121. The number of aryl methyl sites for hydroxylation is 1. The molecule has 40 heavy (non-hydrogen) atoms. The minimum Gasteiger partial charge on any atom is -0.454 e. The Kier molecular flexibility index (Phi) is 7.76. The van der Waals surface area contributed by atoms with Crippen LogP contribution in [0.2, 0.25) is 0 Å². The number of hydrogen-bond acceptors (Lipinski definition) is 8. The Morgan fingerprint density at radius 2 is 1.80 bits per heavy atom. The normalized spacial score (nSPS) is 18.3. The lowest BCUT2D eigenvalue weighted by Crippen LogP contribution is -2.31. The van der Waals surface area contributed by atoms with Gasteiger partial charge in [0.1, 0.15) is 16.9 Å². The molecule has 1 aromatic heterocycles. The van der Waals surface area contributed by atoms with Crippen molar-refractivity contribution < 1.29 is 28.3 Å². The first kappa shape index (κ1) is 27.2. The second-order valence-corrected chi connectivity index (χ2v) is 11.0. The number of aromatic nitrogens is 1. The molecule has 8 nitrogen and oxygen atoms in total. The van der Waals surface area contributed by atoms with E-state index in [0.717, 1.165) is 59.3 Å². The number of Topliss-reactive ketones (excluding diaryl/α,β-unsaturated/α-hetero) is 1. The SMILES string of the molecule is CC1CCc2nc(SC3CC(=O)N(c4ccc(C(=O)OCC(=O)c5ccc(F)cc5)cc4)C3=O)c(C#N)cc2C1. The maximum Gasteiger partial charge on any atom is 0.338 e. The number of carbonyl (C=O) groups excluding carboxylic acids is 4. The van der Waals surface area contributed by atoms with Crippen LogP contribution in [0.1, 0.15) is 57.3 Å². The number of benzene rings is 2. The molecule has 1 fully saturated rings. The minimum atomic E-state index is -0.758. The van der Waals surface area contributed by atoms with Crippen LogP contribution in [0.4, 0.5) is 10.1 Å². The molecule has 2 heterocycles. The third-order valence-corrected chi connectivity index (χ3v) is 8.13. The molecular formula is C30H24FN3O5S. The Balaban J connectivity index is 1.24. The molecule has 1 saturated heterocycles. The van der Waals surface area contributed by atoms with Gasteiger partial charge in [-0.3, -0.25) is 14.4 Å². The van der Waals surface area contributed by atoms with Crippen molar-refractivity contribution in [3.63, 3.8) is 0 Å². The van der Waals surface area contributed by atoms with E-state index in [0.29, 0.717) is 22.2 Å². The Morgan fingerprint density at radius 1 is 1.10 bits per heavy atom. The highest BCUT2D eigenvalue weighted by atomic mass is 32.2. The molecule has 0 N–H and O–H groups in total. The molecule has 5 rings (SSSR count). The maximum atomic E-state index is 13.2. The Labute approximate surface area is 234 Å². The van der Waals surface area contributed by atoms with Crippen LogP contribution in [0, 0.1) is 23.1 Å². The average molecular weight is 558 g/mol. The number of carbonyl (C=O) groups is 4. The van der Waals surface area contributed by atoms with Crippen molar-refractivity contribution in [2.24, 2.45) is 5.92 Å². The number of anilines is 1. The van der Waals surface area contributed by atoms with E-state index in [4.69, 9.17) is 4.74 Å². The second-order valence-electron chi connectivity index (χ2n) is 9.84. The number of nitriles is 1.